The van der Waals surface area contributed by atoms with Crippen LogP contribution in [-0.4, -0.2) is 607 Å². The summed E-state index contributed by atoms with van der Waals surface area (Å²) in [5.74, 6) is -18.3. The smallest absolute Gasteiger partial charge is 0.547 e. The third-order valence-corrected chi connectivity index (χ3v) is 14.1. The maximum absolute atomic E-state index is 10.1. The molecule has 0 saturated heterocycles. The van der Waals surface area contributed by atoms with Gasteiger partial charge < -0.3 is 318 Å². The monoisotopic (exact) mass is 2030 g/mol. The third kappa shape index (κ3) is 60.3. The van der Waals surface area contributed by atoms with Gasteiger partial charge in [0.1, 0.15) is 201 Å². The number of aliphatic hydroxyl groups excluding tert-OH is 40. The summed E-state index contributed by atoms with van der Waals surface area (Å²) in [7, 11) is 0. The van der Waals surface area contributed by atoms with Crippen molar-refractivity contribution in [2.24, 2.45) is 0 Å². The van der Waals surface area contributed by atoms with E-state index in [4.69, 9.17) is 240 Å². The number of hydrogen-bond acceptors (Lipinski definition) is 63. The Kier molecular flexibility index (Phi) is 89.7. The Morgan fingerprint density at radius 2 is 0.205 bits per heavy atom. The molecular weight excluding hydrogens is 1930 g/mol. The van der Waals surface area contributed by atoms with Crippen LogP contribution >= 0.6 is 0 Å². The first kappa shape index (κ1) is 150. The summed E-state index contributed by atoms with van der Waals surface area (Å²) in [4.78, 5) is 199. The summed E-state index contributed by atoms with van der Waals surface area (Å²) < 4.78 is 0. The Bertz CT molecular complexity index is 2630. The summed E-state index contributed by atoms with van der Waals surface area (Å²) in [6, 6.07) is 0. The summed E-state index contributed by atoms with van der Waals surface area (Å²) in [5.41, 5.74) is 0. The van der Waals surface area contributed by atoms with E-state index in [9.17, 15) is 111 Å². The first-order valence-electron chi connectivity index (χ1n) is 33.1. The van der Waals surface area contributed by atoms with Gasteiger partial charge in [-0.25, -0.2) is 33.6 Å². The molecule has 0 aliphatic carbocycles. The van der Waals surface area contributed by atoms with Crippen LogP contribution in [0.15, 0.2) is 0 Å². The first-order chi connectivity index (χ1) is 59.1. The second kappa shape index (κ2) is 79.2. The molecule has 0 aromatic carbocycles. The van der Waals surface area contributed by atoms with E-state index >= 15 is 0 Å². The molecule has 0 aromatic heterocycles. The van der Waals surface area contributed by atoms with Crippen molar-refractivity contribution < 1.29 is 420 Å². The molecule has 0 aliphatic rings. The fraction of sp³-hybridized carbons (Fsp3) is 0.667. The molecule has 0 bridgehead atoms. The molecule has 0 spiro atoms. The maximum atomic E-state index is 10.1. The van der Waals surface area contributed by atoms with Crippen LogP contribution in [0, 0.1) is 0 Å². The van der Waals surface area contributed by atoms with Crippen molar-refractivity contribution in [2.45, 2.75) is 244 Å². The fourth-order valence-electron chi connectivity index (χ4n) is 6.13. The van der Waals surface area contributed by atoms with E-state index < -0.39 is 304 Å². The molecule has 0 unspecified atom stereocenters. The minimum atomic E-state index is -2.36. The van der Waals surface area contributed by atoms with Gasteiger partial charge in [0, 0.05) is 0 Å². The van der Waals surface area contributed by atoms with Gasteiger partial charge in [-0.1, -0.05) is 0 Å². The molecule has 0 fully saturated rings. The van der Waals surface area contributed by atoms with Crippen molar-refractivity contribution in [3.8, 4) is 0 Å². The number of carbonyl (C=O) groups is 20. The van der Waals surface area contributed by atoms with Crippen LogP contribution in [0.2, 0.25) is 0 Å². The van der Waals surface area contributed by atoms with Crippen LogP contribution in [0.25, 0.3) is 0 Å². The van der Waals surface area contributed by atoms with Gasteiger partial charge in [-0.05, 0) is 0 Å². The van der Waals surface area contributed by atoms with Gasteiger partial charge in [0.15, 0.2) is 106 Å². The molecular formula is C60H97KMnO70. The molecule has 0 heterocycles. The van der Waals surface area contributed by atoms with E-state index in [1.807, 2.05) is 0 Å². The van der Waals surface area contributed by atoms with Crippen molar-refractivity contribution >= 4 is 123 Å². The Hall–Kier alpha value is -8.04. The number of carboxylic acids is 10. The van der Waals surface area contributed by atoms with E-state index in [-0.39, 0.29) is 131 Å². The predicted molar refractivity (Wildman–Crippen MR) is 369 cm³/mol. The molecule has 72 heteroatoms. The Morgan fingerprint density at radius 1 is 0.144 bits per heavy atom. The van der Waals surface area contributed by atoms with Crippen molar-refractivity contribution in [2.75, 3.05) is 0 Å². The molecule has 765 valence electrons. The molecule has 1 radical (unpaired) electrons. The molecule has 0 aromatic rings. The van der Waals surface area contributed by atoms with Crippen molar-refractivity contribution in [1.29, 1.82) is 0 Å². The summed E-state index contributed by atoms with van der Waals surface area (Å²) in [6.45, 7) is 0. The minimum absolute atomic E-state index is 0. The van der Waals surface area contributed by atoms with E-state index in [2.05, 4.69) is 0 Å². The van der Waals surface area contributed by atoms with Crippen LogP contribution in [-0.2, 0) is 113 Å². The zero-order valence-corrected chi connectivity index (χ0v) is 70.0. The number of hydrogen-bond donors (Lipinski definition) is 47. The molecule has 0 rings (SSSR count). The zero-order chi connectivity index (χ0) is 106. The fourth-order valence-corrected chi connectivity index (χ4v) is 6.13. The minimum Gasteiger partial charge on any atom is -0.547 e. The Labute approximate surface area is 782 Å². The van der Waals surface area contributed by atoms with Crippen molar-refractivity contribution in [1.82, 2.24) is 0 Å². The van der Waals surface area contributed by atoms with Crippen LogP contribution in [0.3, 0.4) is 0 Å². The molecule has 132 heavy (non-hydrogen) atoms. The van der Waals surface area contributed by atoms with Gasteiger partial charge in [-0.3, -0.25) is 0 Å². The SMILES string of the molecule is O=C[C@H](O)[C@@H](O)[C@@H](O)[C@H](O)C(=O)O.O=C[C@H](O)[C@@H](O)[C@@H](O)[C@H](O)C(=O)O.O=C[C@H](O)[C@@H](O)[C@@H](O)[C@H](O)C(=O)O.O=C[C@H](O)[C@@H](O)[C@@H](O)[C@H](O)C(=O)O.O=C[C@H](O)[C@@H](O)[C@@H](O)[C@H](O)C(=O)O.O=C[C@H](O)[C@@H](O)[C@@H](O)[C@H](O)C(=O)O.O=C[C@H](O)[C@@H](O)[C@@H](O)[C@H](O)C(=O)O.O=C[C@H](O)[C@@H](O)[C@@H](O)[C@H](O)C(=O)[O-].O=C[C@H](O)[C@@H](O)[C@@H](O)[C@H](O)C(=O)[O-].O=C[C@H](O)[C@@H](O)[C@@H](O)[C@H](O)C(=O)[O-].[K+].[Mn+2]. The Balaban J connectivity index is -0.000000121. The Morgan fingerprint density at radius 3 is 0.250 bits per heavy atom. The molecule has 0 aliphatic heterocycles. The van der Waals surface area contributed by atoms with Crippen LogP contribution in [0.1, 0.15) is 0 Å². The second-order valence-corrected chi connectivity index (χ2v) is 23.9. The molecule has 0 saturated carbocycles. The quantitative estimate of drug-likeness (QED) is 0.0199. The third-order valence-electron chi connectivity index (χ3n) is 14.1. The van der Waals surface area contributed by atoms with E-state index in [1.54, 1.807) is 0 Å². The summed E-state index contributed by atoms with van der Waals surface area (Å²) in [6.07, 6.45) is -84.7. The van der Waals surface area contributed by atoms with Crippen LogP contribution < -0.4 is 66.7 Å². The normalized spacial score (nSPS) is 19.7. The van der Waals surface area contributed by atoms with Gasteiger partial charge in [-0.2, -0.15) is 0 Å². The average molecular weight is 2030 g/mol. The maximum Gasteiger partial charge on any atom is 2.00 e. The number of carboxylic acid groups (broad SMARTS) is 10. The van der Waals surface area contributed by atoms with Gasteiger partial charge >= 0.3 is 110 Å². The molecule has 70 nitrogen and oxygen atoms in total. The molecule has 40 atom stereocenters. The van der Waals surface area contributed by atoms with E-state index in [1.165, 1.54) is 0 Å². The van der Waals surface area contributed by atoms with Crippen molar-refractivity contribution in [3.63, 3.8) is 0 Å². The number of rotatable bonds is 50. The van der Waals surface area contributed by atoms with Crippen molar-refractivity contribution in [3.05, 3.63) is 0 Å². The van der Waals surface area contributed by atoms with Gasteiger partial charge in [-0.15, -0.1) is 0 Å². The number of aliphatic carboxylic acids is 10. The van der Waals surface area contributed by atoms with E-state index in [0.717, 1.165) is 0 Å². The molecule has 0 amide bonds. The second-order valence-electron chi connectivity index (χ2n) is 23.9. The topological polar surface area (TPSA) is 1360 Å². The summed E-state index contributed by atoms with van der Waals surface area (Å²) in [5, 5.41) is 437. The predicted octanol–water partition coefficient (Wildman–Crippen LogP) is -39.9. The van der Waals surface area contributed by atoms with Gasteiger partial charge in [0.2, 0.25) is 0 Å². The molecule has 47 N–H and O–H groups in total. The standard InChI is InChI=1S/10C6H10O7.K.Mn/c10*7-1-2(8)3(9)4(10)5(11)6(12)13;;/h10*1-5,8-11H,(H,12,13);;/q;;;;;;;;;;+1;+2/p-3/t10*2-,3+,4+,5-;;/m0000000000../s1. The van der Waals surface area contributed by atoms with Crippen LogP contribution in [0.5, 0.6) is 0 Å². The average Bonchev–Trinajstić information content (AvgIpc) is 0.955. The van der Waals surface area contributed by atoms with Gasteiger partial charge in [0.05, 0.1) is 17.9 Å². The number of aldehydes is 10. The number of carbonyl (C=O) groups excluding carboxylic acids is 13. The van der Waals surface area contributed by atoms with Gasteiger partial charge in [0.25, 0.3) is 0 Å². The largest absolute Gasteiger partial charge is 2.00 e. The van der Waals surface area contributed by atoms with E-state index in [0.29, 0.717) is 0 Å². The number of aliphatic hydroxyl groups is 40. The first-order valence-corrected chi connectivity index (χ1v) is 33.1. The summed E-state index contributed by atoms with van der Waals surface area (Å²) >= 11 is 0. The van der Waals surface area contributed by atoms with Crippen LogP contribution in [0.4, 0.5) is 0 Å². The zero-order valence-electron chi connectivity index (χ0n) is 65.7.